The smallest absolute Gasteiger partial charge is 0.381 e. The number of halogens is 3. The number of aromatic nitrogens is 1. The first-order valence-electron chi connectivity index (χ1n) is 12.4. The van der Waals surface area contributed by atoms with Crippen molar-refractivity contribution in [2.75, 3.05) is 31.6 Å². The Hall–Kier alpha value is -2.85. The summed E-state index contributed by atoms with van der Waals surface area (Å²) >= 11 is 0. The number of pyridine rings is 1. The van der Waals surface area contributed by atoms with E-state index in [4.69, 9.17) is 4.74 Å². The highest BCUT2D eigenvalue weighted by Crippen LogP contribution is 2.34. The molecule has 3 N–H and O–H groups in total. The third-order valence-corrected chi connectivity index (χ3v) is 7.10. The Kier molecular flexibility index (Phi) is 8.04. The largest absolute Gasteiger partial charge is 0.416 e. The first-order chi connectivity index (χ1) is 17.1. The summed E-state index contributed by atoms with van der Waals surface area (Å²) < 4.78 is 47.2. The van der Waals surface area contributed by atoms with Crippen LogP contribution in [0.3, 0.4) is 0 Å². The van der Waals surface area contributed by atoms with Crippen LogP contribution >= 0.6 is 0 Å². The normalized spacial score (nSPS) is 18.6. The van der Waals surface area contributed by atoms with Crippen LogP contribution in [0.4, 0.5) is 18.9 Å². The highest BCUT2D eigenvalue weighted by Gasteiger charge is 2.33. The van der Waals surface area contributed by atoms with Gasteiger partial charge in [0.2, 0.25) is 0 Å². The fraction of sp³-hybridized carbons (Fsp3) is 0.538. The van der Waals surface area contributed by atoms with Gasteiger partial charge in [0.1, 0.15) is 0 Å². The molecule has 4 rings (SSSR count). The van der Waals surface area contributed by atoms with Gasteiger partial charge in [-0.15, -0.1) is 0 Å². The third kappa shape index (κ3) is 5.92. The summed E-state index contributed by atoms with van der Waals surface area (Å²) in [4.78, 5) is 26.5. The standard InChI is InChI=1S/C26H33F3N4O3/c1-16-20(4-3-5-22(16)26(27,28)29)17(2)31-25(35)21-15-33(19-8-12-36-13-9-19)24(34)14-23(21)32-18-6-10-30-11-7-18/h3-5,14-15,17-19,30,32H,6-13H2,1-2H3,(H,31,35). The van der Waals surface area contributed by atoms with Crippen molar-refractivity contribution in [1.82, 2.24) is 15.2 Å². The number of hydrogen-bond acceptors (Lipinski definition) is 5. The molecule has 1 amide bonds. The number of nitrogens with zero attached hydrogens (tertiary/aromatic N) is 1. The van der Waals surface area contributed by atoms with Crippen molar-refractivity contribution in [1.29, 1.82) is 0 Å². The Morgan fingerprint density at radius 3 is 2.53 bits per heavy atom. The number of ether oxygens (including phenoxy) is 1. The fourth-order valence-corrected chi connectivity index (χ4v) is 5.07. The monoisotopic (exact) mass is 506 g/mol. The van der Waals surface area contributed by atoms with Crippen LogP contribution in [0.15, 0.2) is 35.3 Å². The number of alkyl halides is 3. The van der Waals surface area contributed by atoms with Crippen LogP contribution in [-0.4, -0.2) is 42.8 Å². The van der Waals surface area contributed by atoms with Crippen LogP contribution < -0.4 is 21.5 Å². The van der Waals surface area contributed by atoms with E-state index in [-0.39, 0.29) is 23.2 Å². The van der Waals surface area contributed by atoms with E-state index in [1.54, 1.807) is 23.8 Å². The summed E-state index contributed by atoms with van der Waals surface area (Å²) in [6.07, 6.45) is 0.148. The van der Waals surface area contributed by atoms with Crippen molar-refractivity contribution in [3.8, 4) is 0 Å². The lowest BCUT2D eigenvalue weighted by Crippen LogP contribution is -2.37. The summed E-state index contributed by atoms with van der Waals surface area (Å²) in [6.45, 7) is 5.83. The average Bonchev–Trinajstić information content (AvgIpc) is 2.84. The van der Waals surface area contributed by atoms with Crippen LogP contribution in [0.25, 0.3) is 0 Å². The van der Waals surface area contributed by atoms with E-state index in [0.717, 1.165) is 32.0 Å². The predicted molar refractivity (Wildman–Crippen MR) is 131 cm³/mol. The summed E-state index contributed by atoms with van der Waals surface area (Å²) in [7, 11) is 0. The molecule has 0 bridgehead atoms. The number of carbonyl (C=O) groups is 1. The van der Waals surface area contributed by atoms with E-state index in [0.29, 0.717) is 42.9 Å². The lowest BCUT2D eigenvalue weighted by Gasteiger charge is -2.28. The van der Waals surface area contributed by atoms with Crippen LogP contribution in [0.2, 0.25) is 0 Å². The van der Waals surface area contributed by atoms with Gasteiger partial charge in [-0.1, -0.05) is 12.1 Å². The van der Waals surface area contributed by atoms with Crippen LogP contribution in [0.1, 0.15) is 71.7 Å². The van der Waals surface area contributed by atoms with Crippen LogP contribution in [0, 0.1) is 6.92 Å². The molecule has 0 saturated carbocycles. The van der Waals surface area contributed by atoms with E-state index in [1.165, 1.54) is 19.1 Å². The summed E-state index contributed by atoms with van der Waals surface area (Å²) in [6, 6.07) is 4.81. The Balaban J connectivity index is 1.64. The maximum atomic E-state index is 13.5. The molecule has 0 radical (unpaired) electrons. The topological polar surface area (TPSA) is 84.4 Å². The number of hydrogen-bond donors (Lipinski definition) is 3. The Morgan fingerprint density at radius 2 is 1.86 bits per heavy atom. The molecule has 196 valence electrons. The molecule has 1 unspecified atom stereocenters. The van der Waals surface area contributed by atoms with E-state index in [1.807, 2.05) is 0 Å². The van der Waals surface area contributed by atoms with Crippen LogP contribution in [-0.2, 0) is 10.9 Å². The van der Waals surface area contributed by atoms with Gasteiger partial charge >= 0.3 is 6.18 Å². The molecule has 0 aliphatic carbocycles. The minimum Gasteiger partial charge on any atom is -0.381 e. The summed E-state index contributed by atoms with van der Waals surface area (Å²) in [5.74, 6) is -0.448. The first kappa shape index (κ1) is 26.2. The third-order valence-electron chi connectivity index (χ3n) is 7.10. The molecule has 2 aliphatic rings. The van der Waals surface area contributed by atoms with Crippen molar-refractivity contribution in [2.45, 2.75) is 63.8 Å². The summed E-state index contributed by atoms with van der Waals surface area (Å²) in [5, 5.41) is 9.52. The molecule has 1 atom stereocenters. The Bertz CT molecular complexity index is 1140. The zero-order chi connectivity index (χ0) is 25.9. The number of carbonyl (C=O) groups excluding carboxylic acids is 1. The number of rotatable bonds is 6. The molecule has 10 heteroatoms. The molecule has 3 heterocycles. The fourth-order valence-electron chi connectivity index (χ4n) is 5.07. The highest BCUT2D eigenvalue weighted by molar-refractivity contribution is 5.99. The molecule has 2 aromatic rings. The molecule has 1 aromatic heterocycles. The van der Waals surface area contributed by atoms with Crippen molar-refractivity contribution >= 4 is 11.6 Å². The Morgan fingerprint density at radius 1 is 1.17 bits per heavy atom. The van der Waals surface area contributed by atoms with Gasteiger partial charge in [0, 0.05) is 37.6 Å². The van der Waals surface area contributed by atoms with Gasteiger partial charge in [-0.25, -0.2) is 0 Å². The number of anilines is 1. The second-order valence-corrected chi connectivity index (χ2v) is 9.57. The second kappa shape index (κ2) is 11.0. The van der Waals surface area contributed by atoms with Gasteiger partial charge < -0.3 is 25.3 Å². The van der Waals surface area contributed by atoms with Gasteiger partial charge in [-0.05, 0) is 69.8 Å². The minimum absolute atomic E-state index is 0.0751. The zero-order valence-corrected chi connectivity index (χ0v) is 20.6. The van der Waals surface area contributed by atoms with Gasteiger partial charge in [0.25, 0.3) is 11.5 Å². The average molecular weight is 507 g/mol. The minimum atomic E-state index is -4.48. The van der Waals surface area contributed by atoms with Gasteiger partial charge in [0.05, 0.1) is 22.9 Å². The molecular formula is C26H33F3N4O3. The Labute approximate surface area is 208 Å². The van der Waals surface area contributed by atoms with Gasteiger partial charge in [0.15, 0.2) is 0 Å². The number of amides is 1. The molecular weight excluding hydrogens is 473 g/mol. The predicted octanol–water partition coefficient (Wildman–Crippen LogP) is 4.18. The first-order valence-corrected chi connectivity index (χ1v) is 12.4. The molecule has 2 saturated heterocycles. The van der Waals surface area contributed by atoms with E-state index in [9.17, 15) is 22.8 Å². The highest BCUT2D eigenvalue weighted by atomic mass is 19.4. The van der Waals surface area contributed by atoms with Gasteiger partial charge in [-0.3, -0.25) is 9.59 Å². The molecule has 7 nitrogen and oxygen atoms in total. The number of piperidine rings is 1. The van der Waals surface area contributed by atoms with Crippen molar-refractivity contribution in [2.24, 2.45) is 0 Å². The molecule has 2 aliphatic heterocycles. The number of nitrogens with one attached hydrogen (secondary N) is 3. The number of benzene rings is 1. The molecule has 2 fully saturated rings. The molecule has 0 spiro atoms. The zero-order valence-electron chi connectivity index (χ0n) is 20.6. The SMILES string of the molecule is Cc1c(C(C)NC(=O)c2cn(C3CCOCC3)c(=O)cc2NC2CCNCC2)cccc1C(F)(F)F. The lowest BCUT2D eigenvalue weighted by molar-refractivity contribution is -0.138. The summed E-state index contributed by atoms with van der Waals surface area (Å²) in [5.41, 5.74) is 0.303. The maximum Gasteiger partial charge on any atom is 0.416 e. The van der Waals surface area contributed by atoms with Gasteiger partial charge in [-0.2, -0.15) is 13.2 Å². The van der Waals surface area contributed by atoms with Crippen molar-refractivity contribution < 1.29 is 22.7 Å². The molecule has 1 aromatic carbocycles. The van der Waals surface area contributed by atoms with Crippen molar-refractivity contribution in [3.05, 3.63) is 63.1 Å². The molecule has 36 heavy (non-hydrogen) atoms. The van der Waals surface area contributed by atoms with E-state index < -0.39 is 23.7 Å². The van der Waals surface area contributed by atoms with Crippen molar-refractivity contribution in [3.63, 3.8) is 0 Å². The van der Waals surface area contributed by atoms with E-state index >= 15 is 0 Å². The lowest BCUT2D eigenvalue weighted by atomic mass is 9.97. The maximum absolute atomic E-state index is 13.5. The second-order valence-electron chi connectivity index (χ2n) is 9.57. The quantitative estimate of drug-likeness (QED) is 0.548. The van der Waals surface area contributed by atoms with Crippen LogP contribution in [0.5, 0.6) is 0 Å². The van der Waals surface area contributed by atoms with E-state index in [2.05, 4.69) is 16.0 Å².